The number of nitrogens with zero attached hydrogens (tertiary/aromatic N) is 1. The summed E-state index contributed by atoms with van der Waals surface area (Å²) >= 11 is 6.74. The van der Waals surface area contributed by atoms with Crippen LogP contribution in [0.2, 0.25) is 0 Å². The Bertz CT molecular complexity index is 1150. The summed E-state index contributed by atoms with van der Waals surface area (Å²) in [6, 6.07) is 19.4. The highest BCUT2D eigenvalue weighted by Gasteiger charge is 2.15. The second-order valence-corrected chi connectivity index (χ2v) is 8.72. The number of rotatable bonds is 7. The van der Waals surface area contributed by atoms with Gasteiger partial charge in [-0.1, -0.05) is 49.6 Å². The Morgan fingerprint density at radius 2 is 1.72 bits per heavy atom. The van der Waals surface area contributed by atoms with E-state index in [4.69, 9.17) is 9.47 Å². The molecule has 0 heterocycles. The van der Waals surface area contributed by atoms with Gasteiger partial charge in [-0.15, -0.1) is 0 Å². The second-order valence-electron chi connectivity index (χ2n) is 6.89. The molecule has 164 valence electrons. The van der Waals surface area contributed by atoms with Crippen LogP contribution < -0.4 is 14.9 Å². The van der Waals surface area contributed by atoms with Crippen LogP contribution in [-0.4, -0.2) is 24.2 Å². The smallest absolute Gasteiger partial charge is 0.343 e. The van der Waals surface area contributed by atoms with E-state index in [0.29, 0.717) is 22.6 Å². The fourth-order valence-corrected chi connectivity index (χ4v) is 3.31. The van der Waals surface area contributed by atoms with Crippen molar-refractivity contribution in [3.05, 3.63) is 92.4 Å². The van der Waals surface area contributed by atoms with Crippen molar-refractivity contribution in [2.24, 2.45) is 5.10 Å². The molecule has 0 saturated heterocycles. The first-order chi connectivity index (χ1) is 15.3. The van der Waals surface area contributed by atoms with Gasteiger partial charge in [-0.3, -0.25) is 4.79 Å². The molecule has 0 saturated carbocycles. The van der Waals surface area contributed by atoms with Crippen molar-refractivity contribution in [2.45, 2.75) is 20.0 Å². The molecule has 0 aliphatic heterocycles. The van der Waals surface area contributed by atoms with Crippen LogP contribution in [0.5, 0.6) is 11.5 Å². The second kappa shape index (κ2) is 11.1. The molecule has 3 aromatic rings. The molecule has 0 aliphatic rings. The summed E-state index contributed by atoms with van der Waals surface area (Å²) in [5.74, 6) is -0.0160. The summed E-state index contributed by atoms with van der Waals surface area (Å²) in [7, 11) is 0. The molecule has 0 bridgehead atoms. The molecule has 3 rings (SSSR count). The molecule has 6 nitrogen and oxygen atoms in total. The monoisotopic (exact) mass is 558 g/mol. The molecule has 3 aromatic carbocycles. The van der Waals surface area contributed by atoms with E-state index in [9.17, 15) is 9.59 Å². The number of carbonyl (C=O) groups is 2. The standard InChI is InChI=1S/C24H20Br2N2O4/c1-15-4-3-5-17(12-15)24(30)32-22-11-8-20(26)13-18(22)14-27-28-23(29)16(2)31-21-9-6-19(25)7-10-21/h3-14,16H,1-2H3,(H,28,29). The fraction of sp³-hybridized carbons (Fsp3) is 0.125. The van der Waals surface area contributed by atoms with Crippen LogP contribution in [0.15, 0.2) is 80.8 Å². The van der Waals surface area contributed by atoms with Crippen molar-refractivity contribution in [3.8, 4) is 11.5 Å². The van der Waals surface area contributed by atoms with Gasteiger partial charge < -0.3 is 9.47 Å². The molecule has 32 heavy (non-hydrogen) atoms. The largest absolute Gasteiger partial charge is 0.481 e. The zero-order chi connectivity index (χ0) is 23.1. The minimum absolute atomic E-state index is 0.317. The van der Waals surface area contributed by atoms with Gasteiger partial charge in [-0.25, -0.2) is 10.2 Å². The lowest BCUT2D eigenvalue weighted by molar-refractivity contribution is -0.127. The summed E-state index contributed by atoms with van der Waals surface area (Å²) in [4.78, 5) is 24.8. The van der Waals surface area contributed by atoms with E-state index in [2.05, 4.69) is 42.4 Å². The number of benzene rings is 3. The zero-order valence-corrected chi connectivity index (χ0v) is 20.5. The fourth-order valence-electron chi connectivity index (χ4n) is 2.67. The average Bonchev–Trinajstić information content (AvgIpc) is 2.77. The van der Waals surface area contributed by atoms with Gasteiger partial charge in [0.25, 0.3) is 5.91 Å². The van der Waals surface area contributed by atoms with Crippen molar-refractivity contribution < 1.29 is 19.1 Å². The first-order valence-corrected chi connectivity index (χ1v) is 11.2. The van der Waals surface area contributed by atoms with Crippen LogP contribution in [-0.2, 0) is 4.79 Å². The molecule has 0 fully saturated rings. The topological polar surface area (TPSA) is 77.0 Å². The Hall–Kier alpha value is -2.97. The van der Waals surface area contributed by atoms with Crippen molar-refractivity contribution in [3.63, 3.8) is 0 Å². The lowest BCUT2D eigenvalue weighted by Crippen LogP contribution is -2.33. The van der Waals surface area contributed by atoms with E-state index in [1.165, 1.54) is 6.21 Å². The van der Waals surface area contributed by atoms with Gasteiger partial charge in [0.15, 0.2) is 6.10 Å². The normalized spacial score (nSPS) is 11.8. The van der Waals surface area contributed by atoms with Crippen molar-refractivity contribution in [2.75, 3.05) is 0 Å². The van der Waals surface area contributed by atoms with Crippen LogP contribution in [0.4, 0.5) is 0 Å². The molecule has 8 heteroatoms. The number of carbonyl (C=O) groups excluding carboxylic acids is 2. The van der Waals surface area contributed by atoms with Crippen LogP contribution in [0, 0.1) is 6.92 Å². The number of ether oxygens (including phenoxy) is 2. The zero-order valence-electron chi connectivity index (χ0n) is 17.3. The van der Waals surface area contributed by atoms with Crippen LogP contribution >= 0.6 is 31.9 Å². The van der Waals surface area contributed by atoms with Gasteiger partial charge in [0.1, 0.15) is 11.5 Å². The average molecular weight is 560 g/mol. The maximum atomic E-state index is 12.5. The van der Waals surface area contributed by atoms with Gasteiger partial charge in [-0.2, -0.15) is 5.10 Å². The summed E-state index contributed by atoms with van der Waals surface area (Å²) in [6.07, 6.45) is 0.655. The Morgan fingerprint density at radius 1 is 1.00 bits per heavy atom. The molecule has 0 spiro atoms. The number of nitrogens with one attached hydrogen (secondary N) is 1. The van der Waals surface area contributed by atoms with Gasteiger partial charge >= 0.3 is 5.97 Å². The van der Waals surface area contributed by atoms with Gasteiger partial charge in [0, 0.05) is 14.5 Å². The van der Waals surface area contributed by atoms with E-state index in [-0.39, 0.29) is 0 Å². The lowest BCUT2D eigenvalue weighted by Gasteiger charge is -2.13. The summed E-state index contributed by atoms with van der Waals surface area (Å²) in [6.45, 7) is 3.53. The maximum Gasteiger partial charge on any atom is 0.343 e. The quantitative estimate of drug-likeness (QED) is 0.175. The Balaban J connectivity index is 1.65. The lowest BCUT2D eigenvalue weighted by atomic mass is 10.1. The number of esters is 1. The highest BCUT2D eigenvalue weighted by atomic mass is 79.9. The molecule has 1 unspecified atom stereocenters. The van der Waals surface area contributed by atoms with E-state index < -0.39 is 18.0 Å². The molecular weight excluding hydrogens is 540 g/mol. The van der Waals surface area contributed by atoms with Crippen LogP contribution in [0.25, 0.3) is 0 Å². The Labute approximate surface area is 202 Å². The van der Waals surface area contributed by atoms with Crippen molar-refractivity contribution in [1.29, 1.82) is 0 Å². The first kappa shape index (κ1) is 23.7. The number of amides is 1. The predicted molar refractivity (Wildman–Crippen MR) is 130 cm³/mol. The third-order valence-corrected chi connectivity index (χ3v) is 5.32. The van der Waals surface area contributed by atoms with E-state index in [0.717, 1.165) is 14.5 Å². The van der Waals surface area contributed by atoms with Crippen molar-refractivity contribution >= 4 is 50.0 Å². The van der Waals surface area contributed by atoms with E-state index in [1.54, 1.807) is 55.5 Å². The Morgan fingerprint density at radius 3 is 2.44 bits per heavy atom. The molecule has 1 N–H and O–H groups in total. The molecule has 1 atom stereocenters. The molecule has 0 radical (unpaired) electrons. The first-order valence-electron chi connectivity index (χ1n) is 9.65. The molecule has 1 amide bonds. The molecule has 0 aliphatic carbocycles. The van der Waals surface area contributed by atoms with Crippen molar-refractivity contribution in [1.82, 2.24) is 5.43 Å². The van der Waals surface area contributed by atoms with E-state index in [1.807, 2.05) is 25.1 Å². The van der Waals surface area contributed by atoms with E-state index >= 15 is 0 Å². The number of hydrazone groups is 1. The minimum atomic E-state index is -0.755. The van der Waals surface area contributed by atoms with Gasteiger partial charge in [-0.05, 0) is 68.4 Å². The summed E-state index contributed by atoms with van der Waals surface area (Å²) in [5.41, 5.74) is 4.36. The van der Waals surface area contributed by atoms with Crippen LogP contribution in [0.3, 0.4) is 0 Å². The predicted octanol–water partition coefficient (Wildman–Crippen LogP) is 5.66. The van der Waals surface area contributed by atoms with Gasteiger partial charge in [0.2, 0.25) is 0 Å². The third-order valence-electron chi connectivity index (χ3n) is 4.30. The SMILES string of the molecule is Cc1cccc(C(=O)Oc2ccc(Br)cc2C=NNC(=O)C(C)Oc2ccc(Br)cc2)c1. The minimum Gasteiger partial charge on any atom is -0.481 e. The molecular formula is C24H20Br2N2O4. The summed E-state index contributed by atoms with van der Waals surface area (Å²) in [5, 5.41) is 3.99. The third kappa shape index (κ3) is 6.77. The number of aryl methyl sites for hydroxylation is 1. The van der Waals surface area contributed by atoms with Crippen LogP contribution in [0.1, 0.15) is 28.4 Å². The number of halogens is 2. The highest BCUT2D eigenvalue weighted by Crippen LogP contribution is 2.23. The highest BCUT2D eigenvalue weighted by molar-refractivity contribution is 9.10. The van der Waals surface area contributed by atoms with Gasteiger partial charge in [0.05, 0.1) is 11.8 Å². The Kier molecular flexibility index (Phi) is 8.19. The maximum absolute atomic E-state index is 12.5. The number of hydrogen-bond donors (Lipinski definition) is 1. The summed E-state index contributed by atoms with van der Waals surface area (Å²) < 4.78 is 12.8. The molecule has 0 aromatic heterocycles. The number of hydrogen-bond acceptors (Lipinski definition) is 5.